The molecule has 0 saturated carbocycles. The Morgan fingerprint density at radius 1 is 1.62 bits per heavy atom. The maximum atomic E-state index is 11.8. The van der Waals surface area contributed by atoms with Gasteiger partial charge >= 0.3 is 0 Å². The second-order valence-corrected chi connectivity index (χ2v) is 4.19. The van der Waals surface area contributed by atoms with Crippen molar-refractivity contribution in [2.45, 2.75) is 19.8 Å². The molecule has 1 saturated heterocycles. The number of pyridine rings is 1. The minimum absolute atomic E-state index is 0.135. The number of carbonyl (C=O) groups excluding carboxylic acids is 1. The molecule has 2 N–H and O–H groups in total. The summed E-state index contributed by atoms with van der Waals surface area (Å²) >= 11 is 0. The summed E-state index contributed by atoms with van der Waals surface area (Å²) in [7, 11) is 0. The van der Waals surface area contributed by atoms with Gasteiger partial charge in [0.05, 0.1) is 0 Å². The summed E-state index contributed by atoms with van der Waals surface area (Å²) in [5, 5.41) is 0. The lowest BCUT2D eigenvalue weighted by Gasteiger charge is -2.15. The lowest BCUT2D eigenvalue weighted by atomic mass is 10.1. The molecule has 2 rings (SSSR count). The first-order valence-electron chi connectivity index (χ1n) is 5.70. The summed E-state index contributed by atoms with van der Waals surface area (Å²) < 4.78 is 0. The molecule has 1 fully saturated rings. The zero-order valence-corrected chi connectivity index (χ0v) is 9.52. The molecule has 0 aromatic carbocycles. The lowest BCUT2D eigenvalue weighted by molar-refractivity contribution is -0.117. The molecule has 4 nitrogen and oxygen atoms in total. The molecular formula is C12H17N3O. The van der Waals surface area contributed by atoms with Gasteiger partial charge in [-0.05, 0) is 36.6 Å². The predicted octanol–water partition coefficient (Wildman–Crippen LogP) is 0.956. The van der Waals surface area contributed by atoms with Crippen LogP contribution >= 0.6 is 0 Å². The van der Waals surface area contributed by atoms with Gasteiger partial charge in [0.2, 0.25) is 5.91 Å². The summed E-state index contributed by atoms with van der Waals surface area (Å²) in [5.74, 6) is 1.18. The van der Waals surface area contributed by atoms with Crippen LogP contribution in [0.1, 0.15) is 18.9 Å². The number of amides is 1. The van der Waals surface area contributed by atoms with Crippen LogP contribution in [0.2, 0.25) is 0 Å². The first-order chi connectivity index (χ1) is 7.74. The average Bonchev–Trinajstić information content (AvgIpc) is 2.71. The van der Waals surface area contributed by atoms with Crippen molar-refractivity contribution in [2.24, 2.45) is 11.7 Å². The molecule has 1 aromatic rings. The van der Waals surface area contributed by atoms with Gasteiger partial charge in [0.1, 0.15) is 5.82 Å². The third-order valence-electron chi connectivity index (χ3n) is 3.03. The van der Waals surface area contributed by atoms with Crippen LogP contribution in [-0.2, 0) is 11.2 Å². The summed E-state index contributed by atoms with van der Waals surface area (Å²) in [4.78, 5) is 17.8. The number of aromatic nitrogens is 1. The number of anilines is 1. The Hall–Kier alpha value is -1.42. The number of hydrogen-bond donors (Lipinski definition) is 1. The SMILES string of the molecule is CCc1ccnc(N2CC(CN)CC2=O)c1. The number of aryl methyl sites for hydroxylation is 1. The first kappa shape index (κ1) is 11.1. The fourth-order valence-corrected chi connectivity index (χ4v) is 1.99. The maximum Gasteiger partial charge on any atom is 0.228 e. The van der Waals surface area contributed by atoms with E-state index in [9.17, 15) is 4.79 Å². The number of rotatable bonds is 3. The van der Waals surface area contributed by atoms with Crippen molar-refractivity contribution in [3.05, 3.63) is 23.9 Å². The van der Waals surface area contributed by atoms with E-state index in [1.165, 1.54) is 5.56 Å². The quantitative estimate of drug-likeness (QED) is 0.823. The van der Waals surface area contributed by atoms with Crippen molar-refractivity contribution >= 4 is 11.7 Å². The second-order valence-electron chi connectivity index (χ2n) is 4.19. The van der Waals surface area contributed by atoms with Gasteiger partial charge in [-0.1, -0.05) is 6.92 Å². The summed E-state index contributed by atoms with van der Waals surface area (Å²) in [6.45, 7) is 3.36. The van der Waals surface area contributed by atoms with E-state index in [4.69, 9.17) is 5.73 Å². The topological polar surface area (TPSA) is 59.2 Å². The van der Waals surface area contributed by atoms with E-state index in [1.807, 2.05) is 12.1 Å². The van der Waals surface area contributed by atoms with Crippen LogP contribution in [0.25, 0.3) is 0 Å². The van der Waals surface area contributed by atoms with E-state index in [0.717, 1.165) is 12.2 Å². The molecule has 1 amide bonds. The molecule has 0 spiro atoms. The van der Waals surface area contributed by atoms with Crippen molar-refractivity contribution in [3.63, 3.8) is 0 Å². The highest BCUT2D eigenvalue weighted by Crippen LogP contribution is 2.23. The second kappa shape index (κ2) is 4.61. The Bertz CT molecular complexity index is 392. The molecular weight excluding hydrogens is 202 g/mol. The Balaban J connectivity index is 2.20. The van der Waals surface area contributed by atoms with Gasteiger partial charge in [-0.25, -0.2) is 4.98 Å². The minimum atomic E-state index is 0.135. The Morgan fingerprint density at radius 2 is 2.44 bits per heavy atom. The Morgan fingerprint density at radius 3 is 3.06 bits per heavy atom. The van der Waals surface area contributed by atoms with Crippen molar-refractivity contribution < 1.29 is 4.79 Å². The minimum Gasteiger partial charge on any atom is -0.330 e. The summed E-state index contributed by atoms with van der Waals surface area (Å²) in [6, 6.07) is 3.96. The molecule has 4 heteroatoms. The number of carbonyl (C=O) groups is 1. The van der Waals surface area contributed by atoms with E-state index < -0.39 is 0 Å². The highest BCUT2D eigenvalue weighted by atomic mass is 16.2. The average molecular weight is 219 g/mol. The van der Waals surface area contributed by atoms with Crippen LogP contribution in [-0.4, -0.2) is 24.0 Å². The van der Waals surface area contributed by atoms with Gasteiger partial charge < -0.3 is 5.73 Å². The normalized spacial score (nSPS) is 20.5. The smallest absolute Gasteiger partial charge is 0.228 e. The van der Waals surface area contributed by atoms with Gasteiger partial charge in [0, 0.05) is 19.2 Å². The molecule has 0 bridgehead atoms. The van der Waals surface area contributed by atoms with Crippen molar-refractivity contribution in [1.29, 1.82) is 0 Å². The standard InChI is InChI=1S/C12H17N3O/c1-2-9-3-4-14-11(5-9)15-8-10(7-13)6-12(15)16/h3-5,10H,2,6-8,13H2,1H3. The fraction of sp³-hybridized carbons (Fsp3) is 0.500. The van der Waals surface area contributed by atoms with Gasteiger partial charge in [-0.15, -0.1) is 0 Å². The molecule has 0 aliphatic carbocycles. The lowest BCUT2D eigenvalue weighted by Crippen LogP contribution is -2.26. The molecule has 1 atom stereocenters. The third-order valence-corrected chi connectivity index (χ3v) is 3.03. The van der Waals surface area contributed by atoms with Crippen molar-refractivity contribution in [1.82, 2.24) is 4.98 Å². The van der Waals surface area contributed by atoms with Crippen LogP contribution in [0.15, 0.2) is 18.3 Å². The predicted molar refractivity (Wildman–Crippen MR) is 63.1 cm³/mol. The molecule has 2 heterocycles. The maximum absolute atomic E-state index is 11.8. The van der Waals surface area contributed by atoms with Crippen LogP contribution in [0, 0.1) is 5.92 Å². The zero-order chi connectivity index (χ0) is 11.5. The van der Waals surface area contributed by atoms with Crippen LogP contribution in [0.5, 0.6) is 0 Å². The van der Waals surface area contributed by atoms with Gasteiger partial charge in [0.25, 0.3) is 0 Å². The largest absolute Gasteiger partial charge is 0.330 e. The van der Waals surface area contributed by atoms with E-state index in [1.54, 1.807) is 11.1 Å². The molecule has 1 unspecified atom stereocenters. The van der Waals surface area contributed by atoms with Crippen LogP contribution in [0.3, 0.4) is 0 Å². The highest BCUT2D eigenvalue weighted by Gasteiger charge is 2.30. The monoisotopic (exact) mass is 219 g/mol. The van der Waals surface area contributed by atoms with E-state index in [2.05, 4.69) is 11.9 Å². The van der Waals surface area contributed by atoms with Crippen molar-refractivity contribution in [3.8, 4) is 0 Å². The van der Waals surface area contributed by atoms with E-state index in [0.29, 0.717) is 19.5 Å². The van der Waals surface area contributed by atoms with Crippen LogP contribution < -0.4 is 10.6 Å². The van der Waals surface area contributed by atoms with E-state index >= 15 is 0 Å². The number of hydrogen-bond acceptors (Lipinski definition) is 3. The Labute approximate surface area is 95.5 Å². The van der Waals surface area contributed by atoms with Crippen molar-refractivity contribution in [2.75, 3.05) is 18.0 Å². The Kier molecular flexibility index (Phi) is 3.19. The zero-order valence-electron chi connectivity index (χ0n) is 9.52. The summed E-state index contributed by atoms with van der Waals surface area (Å²) in [6.07, 6.45) is 3.27. The van der Waals surface area contributed by atoms with Gasteiger partial charge in [-0.3, -0.25) is 9.69 Å². The molecule has 1 aliphatic heterocycles. The highest BCUT2D eigenvalue weighted by molar-refractivity contribution is 5.94. The molecule has 0 radical (unpaired) electrons. The molecule has 86 valence electrons. The molecule has 16 heavy (non-hydrogen) atoms. The first-order valence-corrected chi connectivity index (χ1v) is 5.70. The van der Waals surface area contributed by atoms with Gasteiger partial charge in [0.15, 0.2) is 0 Å². The fourth-order valence-electron chi connectivity index (χ4n) is 1.99. The van der Waals surface area contributed by atoms with Crippen LogP contribution in [0.4, 0.5) is 5.82 Å². The number of nitrogens with zero attached hydrogens (tertiary/aromatic N) is 2. The summed E-state index contributed by atoms with van der Waals surface area (Å²) in [5.41, 5.74) is 6.80. The van der Waals surface area contributed by atoms with Gasteiger partial charge in [-0.2, -0.15) is 0 Å². The molecule has 1 aliphatic rings. The number of nitrogens with two attached hydrogens (primary N) is 1. The third kappa shape index (κ3) is 2.07. The molecule has 1 aromatic heterocycles. The van der Waals surface area contributed by atoms with E-state index in [-0.39, 0.29) is 11.8 Å².